The fourth-order valence-corrected chi connectivity index (χ4v) is 4.31. The van der Waals surface area contributed by atoms with Crippen molar-refractivity contribution in [1.82, 2.24) is 25.1 Å². The van der Waals surface area contributed by atoms with Crippen LogP contribution >= 0.6 is 0 Å². The summed E-state index contributed by atoms with van der Waals surface area (Å²) in [5.41, 5.74) is 2.12. The summed E-state index contributed by atoms with van der Waals surface area (Å²) < 4.78 is 38.9. The fraction of sp³-hybridized carbons (Fsp3) is 0.208. The first kappa shape index (κ1) is 22.5. The Morgan fingerprint density at radius 2 is 1.91 bits per heavy atom. The summed E-state index contributed by atoms with van der Waals surface area (Å²) in [6, 6.07) is 9.31. The zero-order chi connectivity index (χ0) is 24.6. The largest absolute Gasteiger partial charge is 0.417 e. The first-order valence-corrected chi connectivity index (χ1v) is 10.8. The number of nitrogens with zero attached hydrogens (tertiary/aromatic N) is 4. The van der Waals surface area contributed by atoms with Gasteiger partial charge in [0.25, 0.3) is 0 Å². The highest BCUT2D eigenvalue weighted by atomic mass is 19.4. The van der Waals surface area contributed by atoms with E-state index in [0.717, 1.165) is 23.4 Å². The number of hydrogen-bond acceptors (Lipinski definition) is 5. The van der Waals surface area contributed by atoms with Gasteiger partial charge in [0.05, 0.1) is 47.4 Å². The van der Waals surface area contributed by atoms with Crippen molar-refractivity contribution in [2.75, 3.05) is 5.32 Å². The SMILES string of the molecule is O=C(Nc1cncc2cn[nH]c12)C(=O)N(Cc1ccc(C(F)(F)F)cn1)[C@@H]1CCc2ccccc21. The van der Waals surface area contributed by atoms with Crippen molar-refractivity contribution in [3.05, 3.63) is 83.6 Å². The summed E-state index contributed by atoms with van der Waals surface area (Å²) in [5, 5.41) is 9.91. The average molecular weight is 480 g/mol. The summed E-state index contributed by atoms with van der Waals surface area (Å²) in [4.78, 5) is 35.7. The predicted molar refractivity (Wildman–Crippen MR) is 120 cm³/mol. The second-order valence-corrected chi connectivity index (χ2v) is 8.20. The standard InChI is InChI=1S/C24H19F3N6O2/c25-24(26,27)16-6-7-17(29-11-16)13-33(20-8-5-14-3-1-2-4-18(14)20)23(35)22(34)31-19-12-28-9-15-10-30-32-21(15)19/h1-4,6-7,9-12,20H,5,8,13H2,(H,30,32)(H,31,34)/t20-/m1/s1. The number of H-pyrrole nitrogens is 1. The van der Waals surface area contributed by atoms with Gasteiger partial charge in [-0.25, -0.2) is 0 Å². The highest BCUT2D eigenvalue weighted by Gasteiger charge is 2.35. The number of nitrogens with one attached hydrogen (secondary N) is 2. The maximum Gasteiger partial charge on any atom is 0.417 e. The molecule has 11 heteroatoms. The van der Waals surface area contributed by atoms with Crippen LogP contribution in [0.3, 0.4) is 0 Å². The topological polar surface area (TPSA) is 104 Å². The predicted octanol–water partition coefficient (Wildman–Crippen LogP) is 4.03. The fourth-order valence-electron chi connectivity index (χ4n) is 4.31. The molecule has 0 radical (unpaired) electrons. The van der Waals surface area contributed by atoms with Gasteiger partial charge in [0.2, 0.25) is 0 Å². The first-order valence-electron chi connectivity index (χ1n) is 10.8. The van der Waals surface area contributed by atoms with Crippen molar-refractivity contribution in [1.29, 1.82) is 0 Å². The van der Waals surface area contributed by atoms with Crippen molar-refractivity contribution in [2.45, 2.75) is 31.6 Å². The molecule has 178 valence electrons. The molecule has 1 aliphatic carbocycles. The van der Waals surface area contributed by atoms with E-state index >= 15 is 0 Å². The minimum Gasteiger partial charge on any atom is -0.321 e. The highest BCUT2D eigenvalue weighted by Crippen LogP contribution is 2.37. The van der Waals surface area contributed by atoms with E-state index in [-0.39, 0.29) is 17.9 Å². The van der Waals surface area contributed by atoms with E-state index in [0.29, 0.717) is 23.7 Å². The van der Waals surface area contributed by atoms with Gasteiger partial charge < -0.3 is 10.2 Å². The molecule has 3 aromatic heterocycles. The van der Waals surface area contributed by atoms with Gasteiger partial charge >= 0.3 is 18.0 Å². The van der Waals surface area contributed by atoms with E-state index in [2.05, 4.69) is 25.5 Å². The van der Waals surface area contributed by atoms with E-state index in [1.165, 1.54) is 23.4 Å². The number of amides is 2. The number of alkyl halides is 3. The van der Waals surface area contributed by atoms with Gasteiger partial charge in [0.15, 0.2) is 0 Å². The number of carbonyl (C=O) groups is 2. The van der Waals surface area contributed by atoms with Gasteiger partial charge in [-0.3, -0.25) is 24.7 Å². The van der Waals surface area contributed by atoms with Crippen molar-refractivity contribution in [3.63, 3.8) is 0 Å². The normalized spacial score (nSPS) is 15.1. The van der Waals surface area contributed by atoms with Crippen molar-refractivity contribution < 1.29 is 22.8 Å². The summed E-state index contributed by atoms with van der Waals surface area (Å²) in [7, 11) is 0. The number of pyridine rings is 2. The number of hydrogen-bond donors (Lipinski definition) is 2. The Morgan fingerprint density at radius 3 is 2.69 bits per heavy atom. The lowest BCUT2D eigenvalue weighted by molar-refractivity contribution is -0.145. The number of halogens is 3. The number of fused-ring (bicyclic) bond motifs is 2. The Balaban J connectivity index is 1.44. The van der Waals surface area contributed by atoms with Crippen molar-refractivity contribution in [3.8, 4) is 0 Å². The molecule has 0 unspecified atom stereocenters. The molecule has 0 bridgehead atoms. The lowest BCUT2D eigenvalue weighted by Gasteiger charge is -2.29. The molecule has 0 saturated carbocycles. The van der Waals surface area contributed by atoms with Crippen LogP contribution in [0.15, 0.2) is 61.2 Å². The molecule has 1 atom stereocenters. The lowest BCUT2D eigenvalue weighted by Crippen LogP contribution is -2.41. The molecule has 35 heavy (non-hydrogen) atoms. The Hall–Kier alpha value is -4.28. The first-order chi connectivity index (χ1) is 16.8. The van der Waals surface area contributed by atoms with Crippen LogP contribution in [0, 0.1) is 0 Å². The van der Waals surface area contributed by atoms with Crippen LogP contribution in [0.5, 0.6) is 0 Å². The van der Waals surface area contributed by atoms with Gasteiger partial charge in [-0.05, 0) is 36.1 Å². The molecule has 8 nitrogen and oxygen atoms in total. The van der Waals surface area contributed by atoms with Crippen LogP contribution in [0.1, 0.15) is 34.8 Å². The molecular formula is C24H19F3N6O2. The highest BCUT2D eigenvalue weighted by molar-refractivity contribution is 6.40. The van der Waals surface area contributed by atoms with E-state index in [1.807, 2.05) is 24.3 Å². The van der Waals surface area contributed by atoms with Gasteiger partial charge in [-0.15, -0.1) is 0 Å². The average Bonchev–Trinajstić information content (AvgIpc) is 3.50. The summed E-state index contributed by atoms with van der Waals surface area (Å²) in [6.45, 7) is -0.129. The van der Waals surface area contributed by atoms with Gasteiger partial charge in [0.1, 0.15) is 0 Å². The maximum atomic E-state index is 13.4. The Kier molecular flexibility index (Phi) is 5.67. The lowest BCUT2D eigenvalue weighted by atomic mass is 10.1. The Bertz CT molecular complexity index is 1400. The summed E-state index contributed by atoms with van der Waals surface area (Å²) in [5.74, 6) is -1.73. The number of carbonyl (C=O) groups excluding carboxylic acids is 2. The van der Waals surface area contributed by atoms with Crippen LogP contribution in [-0.4, -0.2) is 36.9 Å². The third kappa shape index (κ3) is 4.44. The number of benzene rings is 1. The van der Waals surface area contributed by atoms with Crippen LogP contribution in [-0.2, 0) is 28.7 Å². The van der Waals surface area contributed by atoms with Crippen LogP contribution in [0.25, 0.3) is 10.9 Å². The molecule has 2 amide bonds. The molecule has 0 saturated heterocycles. The molecule has 4 aromatic rings. The van der Waals surface area contributed by atoms with Gasteiger partial charge in [0, 0.05) is 17.8 Å². The van der Waals surface area contributed by atoms with Gasteiger partial charge in [-0.2, -0.15) is 18.3 Å². The van der Waals surface area contributed by atoms with Gasteiger partial charge in [-0.1, -0.05) is 24.3 Å². The minimum absolute atomic E-state index is 0.129. The van der Waals surface area contributed by atoms with Crippen LogP contribution < -0.4 is 5.32 Å². The van der Waals surface area contributed by atoms with Crippen molar-refractivity contribution in [2.24, 2.45) is 0 Å². The monoisotopic (exact) mass is 480 g/mol. The zero-order valence-electron chi connectivity index (χ0n) is 18.2. The number of anilines is 1. The third-order valence-electron chi connectivity index (χ3n) is 6.02. The van der Waals surface area contributed by atoms with Crippen LogP contribution in [0.2, 0.25) is 0 Å². The molecular weight excluding hydrogens is 461 g/mol. The smallest absolute Gasteiger partial charge is 0.321 e. The molecule has 0 aliphatic heterocycles. The zero-order valence-corrected chi connectivity index (χ0v) is 18.2. The quantitative estimate of drug-likeness (QED) is 0.430. The minimum atomic E-state index is -4.52. The van der Waals surface area contributed by atoms with Crippen molar-refractivity contribution >= 4 is 28.4 Å². The second kappa shape index (κ2) is 8.82. The number of aryl methyl sites for hydroxylation is 1. The molecule has 0 fully saturated rings. The van der Waals surface area contributed by atoms with E-state index < -0.39 is 29.6 Å². The molecule has 2 N–H and O–H groups in total. The Labute approximate surface area is 197 Å². The number of rotatable bonds is 4. The van der Waals surface area contributed by atoms with E-state index in [1.54, 1.807) is 6.20 Å². The third-order valence-corrected chi connectivity index (χ3v) is 6.02. The van der Waals surface area contributed by atoms with E-state index in [4.69, 9.17) is 0 Å². The molecule has 0 spiro atoms. The number of aromatic amines is 1. The summed E-state index contributed by atoms with van der Waals surface area (Å²) in [6.07, 6.45) is 2.00. The summed E-state index contributed by atoms with van der Waals surface area (Å²) >= 11 is 0. The Morgan fingerprint density at radius 1 is 1.09 bits per heavy atom. The maximum absolute atomic E-state index is 13.4. The molecule has 1 aromatic carbocycles. The van der Waals surface area contributed by atoms with Crippen LogP contribution in [0.4, 0.5) is 18.9 Å². The molecule has 5 rings (SSSR count). The second-order valence-electron chi connectivity index (χ2n) is 8.20. The molecule has 1 aliphatic rings. The number of aromatic nitrogens is 4. The molecule has 3 heterocycles. The van der Waals surface area contributed by atoms with E-state index in [9.17, 15) is 22.8 Å².